The van der Waals surface area contributed by atoms with Gasteiger partial charge in [0, 0.05) is 4.90 Å². The summed E-state index contributed by atoms with van der Waals surface area (Å²) in [5.41, 5.74) is -0.557. The highest BCUT2D eigenvalue weighted by Gasteiger charge is 2.39. The van der Waals surface area contributed by atoms with Crippen LogP contribution in [0.25, 0.3) is 0 Å². The molecule has 0 aromatic heterocycles. The first-order chi connectivity index (χ1) is 12.1. The van der Waals surface area contributed by atoms with Gasteiger partial charge in [-0.15, -0.1) is 11.8 Å². The molecule has 1 atom stereocenters. The molecular weight excluding hydrogens is 378 g/mol. The third-order valence-electron chi connectivity index (χ3n) is 3.82. The number of amides is 1. The van der Waals surface area contributed by atoms with Crippen LogP contribution in [-0.2, 0) is 24.2 Å². The van der Waals surface area contributed by atoms with E-state index in [1.807, 2.05) is 0 Å². The zero-order chi connectivity index (χ0) is 19.4. The molecule has 1 aliphatic rings. The van der Waals surface area contributed by atoms with E-state index in [1.165, 1.54) is 18.7 Å². The van der Waals surface area contributed by atoms with Crippen molar-refractivity contribution in [2.75, 3.05) is 23.9 Å². The van der Waals surface area contributed by atoms with Crippen LogP contribution >= 0.6 is 11.8 Å². The standard InChI is InChI=1S/C17H21NO6S2/c1-12(19)10-25-14-6-4-3-5-13(14)16(21)24-9-15(20)18-17(2)7-8-26(22,23)11-17/h3-6H,7-11H2,1-2H3,(H,18,20)/t17-/m1/s1. The summed E-state index contributed by atoms with van der Waals surface area (Å²) in [7, 11) is -3.15. The molecule has 1 fully saturated rings. The molecule has 0 aliphatic carbocycles. The molecule has 7 nitrogen and oxygen atoms in total. The van der Waals surface area contributed by atoms with E-state index in [4.69, 9.17) is 4.74 Å². The number of ether oxygens (including phenoxy) is 1. The molecule has 142 valence electrons. The number of hydrogen-bond donors (Lipinski definition) is 1. The number of Topliss-reactive ketones (excluding diaryl/α,β-unsaturated/α-hetero) is 1. The Morgan fingerprint density at radius 2 is 1.96 bits per heavy atom. The average molecular weight is 399 g/mol. The van der Waals surface area contributed by atoms with Crippen molar-refractivity contribution in [3.8, 4) is 0 Å². The predicted molar refractivity (Wildman–Crippen MR) is 97.9 cm³/mol. The highest BCUT2D eigenvalue weighted by molar-refractivity contribution is 8.00. The summed E-state index contributed by atoms with van der Waals surface area (Å²) in [6.45, 7) is 2.62. The highest BCUT2D eigenvalue weighted by atomic mass is 32.2. The van der Waals surface area contributed by atoms with E-state index in [0.29, 0.717) is 11.3 Å². The third-order valence-corrected chi connectivity index (χ3v) is 6.94. The molecular formula is C17H21NO6S2. The number of thioether (sulfide) groups is 1. The van der Waals surface area contributed by atoms with Crippen molar-refractivity contribution >= 4 is 39.3 Å². The first kappa shape index (κ1) is 20.4. The molecule has 1 aromatic carbocycles. The Labute approximate surface area is 156 Å². The van der Waals surface area contributed by atoms with Gasteiger partial charge in [0.05, 0.1) is 28.4 Å². The Balaban J connectivity index is 1.92. The zero-order valence-corrected chi connectivity index (χ0v) is 16.2. The molecule has 1 saturated heterocycles. The largest absolute Gasteiger partial charge is 0.452 e. The summed E-state index contributed by atoms with van der Waals surface area (Å²) in [6.07, 6.45) is 0.333. The van der Waals surface area contributed by atoms with Gasteiger partial charge < -0.3 is 10.1 Å². The quantitative estimate of drug-likeness (QED) is 0.543. The molecule has 0 unspecified atom stereocenters. The van der Waals surface area contributed by atoms with Gasteiger partial charge in [-0.05, 0) is 32.4 Å². The van der Waals surface area contributed by atoms with Gasteiger partial charge in [-0.3, -0.25) is 9.59 Å². The number of ketones is 1. The summed E-state index contributed by atoms with van der Waals surface area (Å²) in [5, 5.41) is 2.63. The molecule has 1 heterocycles. The van der Waals surface area contributed by atoms with Gasteiger partial charge in [0.15, 0.2) is 16.4 Å². The van der Waals surface area contributed by atoms with E-state index >= 15 is 0 Å². The molecule has 2 rings (SSSR count). The maximum absolute atomic E-state index is 12.2. The Bertz CT molecular complexity index is 820. The Kier molecular flexibility index (Phi) is 6.46. The van der Waals surface area contributed by atoms with Gasteiger partial charge in [-0.1, -0.05) is 12.1 Å². The minimum atomic E-state index is -3.15. The molecule has 0 spiro atoms. The fourth-order valence-corrected chi connectivity index (χ4v) is 5.56. The number of carbonyl (C=O) groups is 3. The third kappa shape index (κ3) is 5.84. The molecule has 26 heavy (non-hydrogen) atoms. The van der Waals surface area contributed by atoms with Crippen LogP contribution in [0.2, 0.25) is 0 Å². The van der Waals surface area contributed by atoms with Crippen molar-refractivity contribution in [3.63, 3.8) is 0 Å². The van der Waals surface area contributed by atoms with Gasteiger partial charge in [0.1, 0.15) is 5.78 Å². The fraction of sp³-hybridized carbons (Fsp3) is 0.471. The van der Waals surface area contributed by atoms with E-state index < -0.39 is 33.9 Å². The van der Waals surface area contributed by atoms with Gasteiger partial charge >= 0.3 is 5.97 Å². The van der Waals surface area contributed by atoms with Crippen LogP contribution in [0.4, 0.5) is 0 Å². The number of esters is 1. The predicted octanol–water partition coefficient (Wildman–Crippen LogP) is 1.22. The van der Waals surface area contributed by atoms with Crippen molar-refractivity contribution in [3.05, 3.63) is 29.8 Å². The van der Waals surface area contributed by atoms with E-state index in [9.17, 15) is 22.8 Å². The van der Waals surface area contributed by atoms with Crippen LogP contribution in [0.5, 0.6) is 0 Å². The number of hydrogen-bond acceptors (Lipinski definition) is 7. The topological polar surface area (TPSA) is 107 Å². The Morgan fingerprint density at radius 1 is 1.27 bits per heavy atom. The maximum atomic E-state index is 12.2. The molecule has 1 aromatic rings. The van der Waals surface area contributed by atoms with E-state index in [-0.39, 0.29) is 28.6 Å². The lowest BCUT2D eigenvalue weighted by atomic mass is 10.0. The number of rotatable bonds is 7. The zero-order valence-electron chi connectivity index (χ0n) is 14.6. The van der Waals surface area contributed by atoms with Crippen LogP contribution in [0.15, 0.2) is 29.2 Å². The molecule has 9 heteroatoms. The van der Waals surface area contributed by atoms with Gasteiger partial charge in [-0.25, -0.2) is 13.2 Å². The Hall–Kier alpha value is -1.87. The smallest absolute Gasteiger partial charge is 0.339 e. The lowest BCUT2D eigenvalue weighted by molar-refractivity contribution is -0.125. The van der Waals surface area contributed by atoms with E-state index in [2.05, 4.69) is 5.32 Å². The summed E-state index contributed by atoms with van der Waals surface area (Å²) < 4.78 is 28.2. The van der Waals surface area contributed by atoms with Crippen molar-refractivity contribution < 1.29 is 27.5 Å². The summed E-state index contributed by atoms with van der Waals surface area (Å²) in [4.78, 5) is 36.0. The molecule has 1 aliphatic heterocycles. The number of sulfone groups is 1. The average Bonchev–Trinajstić information content (AvgIpc) is 2.83. The van der Waals surface area contributed by atoms with Crippen LogP contribution in [-0.4, -0.2) is 55.5 Å². The van der Waals surface area contributed by atoms with Crippen LogP contribution in [0, 0.1) is 0 Å². The van der Waals surface area contributed by atoms with E-state index in [1.54, 1.807) is 31.2 Å². The maximum Gasteiger partial charge on any atom is 0.339 e. The summed E-state index contributed by atoms with van der Waals surface area (Å²) >= 11 is 1.23. The summed E-state index contributed by atoms with van der Waals surface area (Å²) in [5.74, 6) is -1.09. The number of benzene rings is 1. The lowest BCUT2D eigenvalue weighted by Gasteiger charge is -2.23. The monoisotopic (exact) mass is 399 g/mol. The normalized spacial score (nSPS) is 21.2. The van der Waals surface area contributed by atoms with Gasteiger partial charge in [-0.2, -0.15) is 0 Å². The van der Waals surface area contributed by atoms with Crippen LogP contribution in [0.3, 0.4) is 0 Å². The minimum absolute atomic E-state index is 0.0164. The second-order valence-electron chi connectivity index (χ2n) is 6.51. The minimum Gasteiger partial charge on any atom is -0.452 e. The highest BCUT2D eigenvalue weighted by Crippen LogP contribution is 2.24. The molecule has 1 N–H and O–H groups in total. The SMILES string of the molecule is CC(=O)CSc1ccccc1C(=O)OCC(=O)N[C@]1(C)CCS(=O)(=O)C1. The molecule has 0 saturated carbocycles. The number of carbonyl (C=O) groups excluding carboxylic acids is 3. The first-order valence-corrected chi connectivity index (χ1v) is 10.8. The first-order valence-electron chi connectivity index (χ1n) is 8.00. The van der Waals surface area contributed by atoms with Crippen molar-refractivity contribution in [1.29, 1.82) is 0 Å². The van der Waals surface area contributed by atoms with Crippen LogP contribution in [0.1, 0.15) is 30.6 Å². The fourth-order valence-electron chi connectivity index (χ4n) is 2.63. The number of nitrogens with one attached hydrogen (secondary N) is 1. The van der Waals surface area contributed by atoms with Gasteiger partial charge in [0.2, 0.25) is 0 Å². The van der Waals surface area contributed by atoms with Gasteiger partial charge in [0.25, 0.3) is 5.91 Å². The molecule has 0 bridgehead atoms. The molecule has 0 radical (unpaired) electrons. The van der Waals surface area contributed by atoms with Crippen molar-refractivity contribution in [2.24, 2.45) is 0 Å². The van der Waals surface area contributed by atoms with Crippen molar-refractivity contribution in [2.45, 2.75) is 30.7 Å². The molecule has 1 amide bonds. The Morgan fingerprint density at radius 3 is 2.58 bits per heavy atom. The van der Waals surface area contributed by atoms with Crippen LogP contribution < -0.4 is 5.32 Å². The second-order valence-corrected chi connectivity index (χ2v) is 9.72. The second kappa shape index (κ2) is 8.22. The van der Waals surface area contributed by atoms with Crippen molar-refractivity contribution in [1.82, 2.24) is 5.32 Å². The summed E-state index contributed by atoms with van der Waals surface area (Å²) in [6, 6.07) is 6.68. The lowest BCUT2D eigenvalue weighted by Crippen LogP contribution is -2.48. The van der Waals surface area contributed by atoms with E-state index in [0.717, 1.165) is 0 Å².